The molecule has 0 fully saturated rings. The first-order chi connectivity index (χ1) is 11.8. The molecule has 0 saturated carbocycles. The molecule has 1 aromatic heterocycles. The van der Waals surface area contributed by atoms with Crippen LogP contribution in [0.3, 0.4) is 0 Å². The Morgan fingerprint density at radius 2 is 1.38 bits per heavy atom. The summed E-state index contributed by atoms with van der Waals surface area (Å²) in [6.07, 6.45) is 10.2. The van der Waals surface area contributed by atoms with Gasteiger partial charge in [-0.15, -0.1) is 0 Å². The summed E-state index contributed by atoms with van der Waals surface area (Å²) >= 11 is -2.43. The summed E-state index contributed by atoms with van der Waals surface area (Å²) in [7, 11) is 0. The van der Waals surface area contributed by atoms with Crippen LogP contribution in [-0.4, -0.2) is 33.4 Å². The normalized spacial score (nSPS) is 11.8. The molecule has 0 amide bonds. The van der Waals surface area contributed by atoms with Gasteiger partial charge in [0.05, 0.1) is 0 Å². The summed E-state index contributed by atoms with van der Waals surface area (Å²) in [5.74, 6) is 0. The number of aromatic nitrogens is 3. The third-order valence-corrected chi connectivity index (χ3v) is 20.1. The predicted molar refractivity (Wildman–Crippen MR) is 106 cm³/mol. The molecule has 0 N–H and O–H groups in total. The predicted octanol–water partition coefficient (Wildman–Crippen LogP) is 5.32. The van der Waals surface area contributed by atoms with E-state index in [9.17, 15) is 0 Å². The maximum absolute atomic E-state index is 4.73. The Hall–Kier alpha value is -0.841. The quantitative estimate of drug-likeness (QED) is 0.448. The van der Waals surface area contributed by atoms with Crippen molar-refractivity contribution in [2.75, 3.05) is 0 Å². The number of rotatable bonds is 11. The van der Waals surface area contributed by atoms with Crippen LogP contribution in [0.1, 0.15) is 59.3 Å². The molecule has 3 nitrogen and oxygen atoms in total. The zero-order valence-electron chi connectivity index (χ0n) is 15.7. The van der Waals surface area contributed by atoms with Gasteiger partial charge in [0.1, 0.15) is 0 Å². The molecule has 24 heavy (non-hydrogen) atoms. The van der Waals surface area contributed by atoms with Crippen molar-refractivity contribution >= 4 is 22.1 Å². The number of hydrogen-bond donors (Lipinski definition) is 0. The second kappa shape index (κ2) is 10.2. The van der Waals surface area contributed by atoms with Gasteiger partial charge in [-0.2, -0.15) is 0 Å². The van der Waals surface area contributed by atoms with E-state index in [0.717, 1.165) is 5.69 Å². The van der Waals surface area contributed by atoms with Crippen molar-refractivity contribution in [3.05, 3.63) is 36.5 Å². The number of para-hydroxylation sites is 1. The third kappa shape index (κ3) is 5.08. The minimum absolute atomic E-state index is 1.12. The van der Waals surface area contributed by atoms with E-state index in [1.807, 2.05) is 4.68 Å². The molecular weight excluding hydrogens is 401 g/mol. The van der Waals surface area contributed by atoms with E-state index in [1.54, 1.807) is 0 Å². The third-order valence-electron chi connectivity index (χ3n) is 5.08. The molecule has 0 aliphatic heterocycles. The van der Waals surface area contributed by atoms with Crippen LogP contribution in [0.4, 0.5) is 0 Å². The van der Waals surface area contributed by atoms with E-state index in [0.29, 0.717) is 0 Å². The van der Waals surface area contributed by atoms with Gasteiger partial charge in [-0.3, -0.25) is 0 Å². The molecule has 1 heterocycles. The first-order valence-corrected chi connectivity index (χ1v) is 17.2. The Balaban J connectivity index is 2.31. The van der Waals surface area contributed by atoms with Gasteiger partial charge in [-0.05, 0) is 0 Å². The van der Waals surface area contributed by atoms with Crippen molar-refractivity contribution in [2.24, 2.45) is 0 Å². The van der Waals surface area contributed by atoms with Crippen molar-refractivity contribution in [3.8, 4) is 5.69 Å². The van der Waals surface area contributed by atoms with Gasteiger partial charge >= 0.3 is 152 Å². The Morgan fingerprint density at radius 1 is 0.833 bits per heavy atom. The van der Waals surface area contributed by atoms with Gasteiger partial charge in [0.2, 0.25) is 0 Å². The van der Waals surface area contributed by atoms with Crippen molar-refractivity contribution in [1.82, 2.24) is 15.0 Å². The molecule has 2 rings (SSSR count). The van der Waals surface area contributed by atoms with Crippen LogP contribution in [0.2, 0.25) is 13.3 Å². The topological polar surface area (TPSA) is 30.7 Å². The molecule has 0 aliphatic carbocycles. The van der Waals surface area contributed by atoms with Crippen LogP contribution in [0.25, 0.3) is 5.69 Å². The molecule has 4 heteroatoms. The van der Waals surface area contributed by atoms with Gasteiger partial charge in [0, 0.05) is 0 Å². The average molecular weight is 434 g/mol. The van der Waals surface area contributed by atoms with Gasteiger partial charge in [-0.1, -0.05) is 0 Å². The van der Waals surface area contributed by atoms with E-state index in [4.69, 9.17) is 5.10 Å². The maximum atomic E-state index is 4.73. The minimum atomic E-state index is -2.43. The summed E-state index contributed by atoms with van der Waals surface area (Å²) < 4.78 is 7.73. The summed E-state index contributed by atoms with van der Waals surface area (Å²) in [5, 5.41) is 9.23. The summed E-state index contributed by atoms with van der Waals surface area (Å²) in [5.41, 5.74) is 1.12. The summed E-state index contributed by atoms with van der Waals surface area (Å²) in [6.45, 7) is 6.95. The molecular formula is C20H33N3Sn. The fourth-order valence-corrected chi connectivity index (χ4v) is 18.5. The first kappa shape index (κ1) is 19.5. The van der Waals surface area contributed by atoms with Crippen LogP contribution in [0.15, 0.2) is 36.5 Å². The molecule has 0 bridgehead atoms. The van der Waals surface area contributed by atoms with Crippen molar-refractivity contribution < 1.29 is 0 Å². The average Bonchev–Trinajstić information content (AvgIpc) is 3.13. The van der Waals surface area contributed by atoms with Crippen LogP contribution in [0.5, 0.6) is 0 Å². The Morgan fingerprint density at radius 3 is 1.88 bits per heavy atom. The second-order valence-corrected chi connectivity index (χ2v) is 20.0. The number of benzene rings is 1. The summed E-state index contributed by atoms with van der Waals surface area (Å²) in [6, 6.07) is 10.4. The molecule has 0 unspecified atom stereocenters. The summed E-state index contributed by atoms with van der Waals surface area (Å²) in [4.78, 5) is 0. The fraction of sp³-hybridized carbons (Fsp3) is 0.600. The Bertz CT molecular complexity index is 558. The van der Waals surface area contributed by atoms with Crippen molar-refractivity contribution in [2.45, 2.75) is 72.6 Å². The number of nitrogens with zero attached hydrogens (tertiary/aromatic N) is 3. The number of unbranched alkanes of at least 4 members (excludes halogenated alkanes) is 3. The Kier molecular flexibility index (Phi) is 8.29. The molecule has 0 atom stereocenters. The van der Waals surface area contributed by atoms with E-state index in [-0.39, 0.29) is 0 Å². The van der Waals surface area contributed by atoms with Gasteiger partial charge < -0.3 is 0 Å². The molecule has 0 radical (unpaired) electrons. The van der Waals surface area contributed by atoms with Crippen LogP contribution in [0, 0.1) is 0 Å². The monoisotopic (exact) mass is 435 g/mol. The zero-order valence-corrected chi connectivity index (χ0v) is 18.5. The standard InChI is InChI=1S/C8H6N3.3C4H9.Sn/c1-2-4-8(5-3-1)11-7-6-9-10-11;3*1-3-4-2;/h1-5,7H;3*1,3-4H2,2H3;. The van der Waals surface area contributed by atoms with Crippen LogP contribution < -0.4 is 3.71 Å². The zero-order chi connectivity index (χ0) is 17.3. The van der Waals surface area contributed by atoms with Crippen molar-refractivity contribution in [3.63, 3.8) is 0 Å². The number of hydrogen-bond acceptors (Lipinski definition) is 2. The van der Waals surface area contributed by atoms with E-state index >= 15 is 0 Å². The van der Waals surface area contributed by atoms with Gasteiger partial charge in [-0.25, -0.2) is 0 Å². The molecule has 132 valence electrons. The van der Waals surface area contributed by atoms with Crippen LogP contribution >= 0.6 is 0 Å². The van der Waals surface area contributed by atoms with Gasteiger partial charge in [0.25, 0.3) is 0 Å². The fourth-order valence-electron chi connectivity index (χ4n) is 3.52. The van der Waals surface area contributed by atoms with Crippen LogP contribution in [-0.2, 0) is 0 Å². The van der Waals surface area contributed by atoms with E-state index < -0.39 is 18.4 Å². The molecule has 0 aliphatic rings. The Labute approximate surface area is 151 Å². The SMILES string of the molecule is CCC[CH2][Sn]([CH2]CCC)([CH2]CCC)[c]1cn(-c2ccccc2)nn1. The molecule has 1 aromatic carbocycles. The molecule has 0 saturated heterocycles. The second-order valence-electron chi connectivity index (χ2n) is 6.97. The first-order valence-electron chi connectivity index (χ1n) is 9.74. The van der Waals surface area contributed by atoms with E-state index in [1.165, 1.54) is 55.5 Å². The van der Waals surface area contributed by atoms with E-state index in [2.05, 4.69) is 62.5 Å². The molecule has 0 spiro atoms. The molecule has 2 aromatic rings. The van der Waals surface area contributed by atoms with Crippen molar-refractivity contribution in [1.29, 1.82) is 0 Å². The van der Waals surface area contributed by atoms with Gasteiger partial charge in [0.15, 0.2) is 0 Å².